The van der Waals surface area contributed by atoms with E-state index in [1.54, 1.807) is 14.1 Å². The first-order valence-electron chi connectivity index (χ1n) is 23.2. The molecule has 8 rings (SSSR count). The predicted molar refractivity (Wildman–Crippen MR) is 242 cm³/mol. The van der Waals surface area contributed by atoms with Crippen LogP contribution in [0.15, 0.2) is 109 Å². The summed E-state index contributed by atoms with van der Waals surface area (Å²) < 4.78 is 82.1. The summed E-state index contributed by atoms with van der Waals surface area (Å²) in [6.07, 6.45) is 4.11. The maximum Gasteiger partial charge on any atom is 0.409 e. The molecule has 4 aromatic carbocycles. The lowest BCUT2D eigenvalue weighted by atomic mass is 9.71. The minimum Gasteiger partial charge on any atom is -0.446 e. The summed E-state index contributed by atoms with van der Waals surface area (Å²) in [6, 6.07) is 22.4. The van der Waals surface area contributed by atoms with Gasteiger partial charge in [-0.2, -0.15) is 0 Å². The monoisotopic (exact) mass is 940 g/mol. The fourth-order valence-electron chi connectivity index (χ4n) is 10.4. The van der Waals surface area contributed by atoms with Crippen LogP contribution in [-0.2, 0) is 39.7 Å². The van der Waals surface area contributed by atoms with Crippen molar-refractivity contribution >= 4 is 24.1 Å². The highest BCUT2D eigenvalue weighted by Crippen LogP contribution is 2.47. The molecule has 0 spiro atoms. The molecule has 0 aromatic heterocycles. The Hall–Kier alpha value is -6.26. The van der Waals surface area contributed by atoms with Crippen LogP contribution in [0.2, 0.25) is 0 Å². The number of rotatable bonds is 16. The number of amides is 2. The maximum atomic E-state index is 14.5. The van der Waals surface area contributed by atoms with E-state index < -0.39 is 46.4 Å². The molecule has 12 nitrogen and oxygen atoms in total. The Morgan fingerprint density at radius 1 is 0.529 bits per heavy atom. The van der Waals surface area contributed by atoms with E-state index in [-0.39, 0.29) is 36.2 Å². The highest BCUT2D eigenvalue weighted by atomic mass is 19.1. The van der Waals surface area contributed by atoms with Crippen molar-refractivity contribution in [2.45, 2.75) is 61.9 Å². The summed E-state index contributed by atoms with van der Waals surface area (Å²) in [5.74, 6) is -4.67. The first-order chi connectivity index (χ1) is 32.7. The third kappa shape index (κ3) is 10.7. The van der Waals surface area contributed by atoms with Gasteiger partial charge >= 0.3 is 24.1 Å². The molecule has 0 radical (unpaired) electrons. The average molecular weight is 941 g/mol. The summed E-state index contributed by atoms with van der Waals surface area (Å²) in [4.78, 5) is 60.1. The molecule has 0 saturated carbocycles. The molecule has 360 valence electrons. The molecule has 4 heterocycles. The van der Waals surface area contributed by atoms with Gasteiger partial charge in [0, 0.05) is 73.4 Å². The first-order valence-corrected chi connectivity index (χ1v) is 23.2. The van der Waals surface area contributed by atoms with Gasteiger partial charge in [0.05, 0.1) is 13.1 Å². The summed E-state index contributed by atoms with van der Waals surface area (Å²) in [5, 5.41) is 0. The molecular formula is C52H56F4N4O8. The number of likely N-dealkylation sites (tertiary alicyclic amines) is 2. The Bertz CT molecular complexity index is 2160. The zero-order valence-electron chi connectivity index (χ0n) is 38.2. The van der Waals surface area contributed by atoms with E-state index in [0.717, 1.165) is 12.2 Å². The van der Waals surface area contributed by atoms with Crippen LogP contribution in [0.5, 0.6) is 0 Å². The molecule has 0 N–H and O–H groups in total. The summed E-state index contributed by atoms with van der Waals surface area (Å²) in [7, 11) is 3.39. The van der Waals surface area contributed by atoms with Crippen molar-refractivity contribution in [1.29, 1.82) is 0 Å². The summed E-state index contributed by atoms with van der Waals surface area (Å²) in [5.41, 5.74) is -1.32. The van der Waals surface area contributed by atoms with Crippen molar-refractivity contribution in [1.82, 2.24) is 19.6 Å². The third-order valence-electron chi connectivity index (χ3n) is 13.9. The fraction of sp³-hybridized carbons (Fsp3) is 0.423. The number of benzene rings is 4. The molecule has 2 atom stereocenters. The molecule has 4 aliphatic rings. The van der Waals surface area contributed by atoms with Gasteiger partial charge in [-0.3, -0.25) is 0 Å². The van der Waals surface area contributed by atoms with E-state index in [1.165, 1.54) is 107 Å². The van der Waals surface area contributed by atoms with Gasteiger partial charge in [0.15, 0.2) is 11.2 Å². The standard InChI is InChI=1S/C52H56F4N4O8/c1-57-33-45(65-49(57)63)25-31-59-27-21-39(22-28-59)51(35-3-11-41(53)12-4-35,36-5-13-42(54)14-6-36)67-47(61)19-20-48(62)68-52(37-7-15-43(55)16-8-37,38-9-17-44(56)18-10-38)40-23-29-60(30-24-40)32-26-46-34-58(2)50(64)66-46/h3-20,39-40,45-46H,21-34H2,1-2H3/b20-19+. The number of nitrogens with zero attached hydrogens (tertiary/aromatic N) is 4. The second-order valence-electron chi connectivity index (χ2n) is 18.3. The van der Waals surface area contributed by atoms with Gasteiger partial charge in [0.1, 0.15) is 35.5 Å². The van der Waals surface area contributed by atoms with E-state index in [2.05, 4.69) is 9.80 Å². The minimum atomic E-state index is -1.56. The second kappa shape index (κ2) is 20.9. The van der Waals surface area contributed by atoms with E-state index in [0.29, 0.717) is 113 Å². The van der Waals surface area contributed by atoms with E-state index in [9.17, 15) is 36.7 Å². The van der Waals surface area contributed by atoms with Crippen LogP contribution in [0.1, 0.15) is 60.8 Å². The molecule has 4 aliphatic heterocycles. The SMILES string of the molecule is CN1CC(CCN2CCC(C(OC(=O)/C=C/C(=O)OC(c3ccc(F)cc3)(c3ccc(F)cc3)C3CCN(CCC4CN(C)C(=O)O4)CC3)(c3ccc(F)cc3)c3ccc(F)cc3)CC2)OC1=O. The zero-order chi connectivity index (χ0) is 48.0. The van der Waals surface area contributed by atoms with E-state index >= 15 is 0 Å². The Morgan fingerprint density at radius 2 is 0.809 bits per heavy atom. The lowest BCUT2D eigenvalue weighted by Gasteiger charge is -2.45. The van der Waals surface area contributed by atoms with Crippen LogP contribution < -0.4 is 0 Å². The number of ether oxygens (including phenoxy) is 4. The third-order valence-corrected chi connectivity index (χ3v) is 13.9. The van der Waals surface area contributed by atoms with E-state index in [4.69, 9.17) is 18.9 Å². The van der Waals surface area contributed by atoms with Crippen LogP contribution >= 0.6 is 0 Å². The fourth-order valence-corrected chi connectivity index (χ4v) is 10.4. The number of halogens is 4. The minimum absolute atomic E-state index is 0.226. The van der Waals surface area contributed by atoms with Gasteiger partial charge in [-0.05, 0) is 113 Å². The van der Waals surface area contributed by atoms with Gasteiger partial charge in [0.25, 0.3) is 0 Å². The molecule has 16 heteroatoms. The quantitative estimate of drug-likeness (QED) is 0.0472. The van der Waals surface area contributed by atoms with Crippen molar-refractivity contribution in [3.8, 4) is 0 Å². The Morgan fingerprint density at radius 3 is 1.06 bits per heavy atom. The maximum absolute atomic E-state index is 14.5. The lowest BCUT2D eigenvalue weighted by Crippen LogP contribution is -2.47. The topological polar surface area (TPSA) is 118 Å². The van der Waals surface area contributed by atoms with E-state index in [1.807, 2.05) is 0 Å². The smallest absolute Gasteiger partial charge is 0.409 e. The van der Waals surface area contributed by atoms with Crippen molar-refractivity contribution in [3.05, 3.63) is 155 Å². The van der Waals surface area contributed by atoms with Crippen molar-refractivity contribution < 1.29 is 55.7 Å². The average Bonchev–Trinajstić information content (AvgIpc) is 3.85. The number of hydrogen-bond donors (Lipinski definition) is 0. The van der Waals surface area contributed by atoms with Gasteiger partial charge < -0.3 is 38.5 Å². The van der Waals surface area contributed by atoms with Crippen LogP contribution in [0.25, 0.3) is 0 Å². The zero-order valence-corrected chi connectivity index (χ0v) is 38.2. The van der Waals surface area contributed by atoms with Gasteiger partial charge in [-0.15, -0.1) is 0 Å². The molecular weight excluding hydrogens is 885 g/mol. The Balaban J connectivity index is 1.05. The van der Waals surface area contributed by atoms with Gasteiger partial charge in [-0.25, -0.2) is 36.7 Å². The van der Waals surface area contributed by atoms with Crippen molar-refractivity contribution in [3.63, 3.8) is 0 Å². The van der Waals surface area contributed by atoms with Crippen LogP contribution in [0.3, 0.4) is 0 Å². The molecule has 4 fully saturated rings. The highest BCUT2D eigenvalue weighted by molar-refractivity contribution is 5.92. The Labute approximate surface area is 393 Å². The number of carbonyl (C=O) groups is 4. The molecule has 0 aliphatic carbocycles. The Kier molecular flexibility index (Phi) is 14.8. The van der Waals surface area contributed by atoms with Gasteiger partial charge in [0.2, 0.25) is 0 Å². The molecule has 0 bridgehead atoms. The number of cyclic esters (lactones) is 2. The lowest BCUT2D eigenvalue weighted by molar-refractivity contribution is -0.161. The number of esters is 2. The summed E-state index contributed by atoms with van der Waals surface area (Å²) >= 11 is 0. The second-order valence-corrected chi connectivity index (χ2v) is 18.3. The molecule has 2 unspecified atom stereocenters. The molecule has 4 aromatic rings. The molecule has 4 saturated heterocycles. The van der Waals surface area contributed by atoms with Crippen molar-refractivity contribution in [2.75, 3.05) is 66.5 Å². The molecule has 68 heavy (non-hydrogen) atoms. The van der Waals surface area contributed by atoms with Gasteiger partial charge in [-0.1, -0.05) is 48.5 Å². The highest BCUT2D eigenvalue weighted by Gasteiger charge is 2.49. The largest absolute Gasteiger partial charge is 0.446 e. The number of carbonyl (C=O) groups excluding carboxylic acids is 4. The number of likely N-dealkylation sites (N-methyl/N-ethyl adjacent to an activating group) is 2. The van der Waals surface area contributed by atoms with Crippen LogP contribution in [-0.4, -0.2) is 122 Å². The first kappa shape index (κ1) is 48.2. The predicted octanol–water partition coefficient (Wildman–Crippen LogP) is 8.18. The van der Waals surface area contributed by atoms with Crippen molar-refractivity contribution in [2.24, 2.45) is 11.8 Å². The summed E-state index contributed by atoms with van der Waals surface area (Å²) in [6.45, 7) is 4.69. The number of hydrogen-bond acceptors (Lipinski definition) is 10. The normalized spacial score (nSPS) is 20.2. The number of piperidine rings is 2. The van der Waals surface area contributed by atoms with Crippen LogP contribution in [0, 0.1) is 35.1 Å². The van der Waals surface area contributed by atoms with Crippen LogP contribution in [0.4, 0.5) is 27.2 Å². The molecule has 2 amide bonds.